The van der Waals surface area contributed by atoms with Gasteiger partial charge >= 0.3 is 0 Å². The molecule has 2 aromatic carbocycles. The lowest BCUT2D eigenvalue weighted by Crippen LogP contribution is -2.01. The van der Waals surface area contributed by atoms with Crippen LogP contribution in [0, 0.1) is 0 Å². The first-order chi connectivity index (χ1) is 10.1. The number of phenolic OH excluding ortho intramolecular Hbond substituents is 1. The van der Waals surface area contributed by atoms with Gasteiger partial charge in [0.25, 0.3) is 0 Å². The Morgan fingerprint density at radius 2 is 1.71 bits per heavy atom. The van der Waals surface area contributed by atoms with Crippen molar-refractivity contribution in [3.05, 3.63) is 75.9 Å². The zero-order valence-corrected chi connectivity index (χ0v) is 12.4. The Bertz CT molecular complexity index is 795. The van der Waals surface area contributed by atoms with Crippen molar-refractivity contribution in [3.63, 3.8) is 0 Å². The maximum atomic E-state index is 10.1. The third-order valence-corrected chi connectivity index (χ3v) is 3.55. The lowest BCUT2D eigenvalue weighted by molar-refractivity contribution is 0.474. The van der Waals surface area contributed by atoms with E-state index in [1.54, 1.807) is 6.07 Å². The van der Waals surface area contributed by atoms with Crippen LogP contribution in [0.1, 0.15) is 11.1 Å². The van der Waals surface area contributed by atoms with Gasteiger partial charge in [0.1, 0.15) is 11.5 Å². The molecule has 0 aliphatic carbocycles. The SMILES string of the molecule is C=C1N=C(c2ccccc2)N=C1c1cc(Cl)cc(Cl)c1O. The Morgan fingerprint density at radius 3 is 2.43 bits per heavy atom. The first kappa shape index (κ1) is 13.9. The summed E-state index contributed by atoms with van der Waals surface area (Å²) in [5.41, 5.74) is 2.23. The first-order valence-corrected chi connectivity index (χ1v) is 6.92. The van der Waals surface area contributed by atoms with Gasteiger partial charge in [0.05, 0.1) is 10.7 Å². The molecule has 2 aromatic rings. The highest BCUT2D eigenvalue weighted by Crippen LogP contribution is 2.34. The molecule has 1 heterocycles. The third-order valence-electron chi connectivity index (χ3n) is 3.05. The number of rotatable bonds is 2. The molecule has 0 amide bonds. The number of phenols is 1. The molecule has 0 saturated carbocycles. The van der Waals surface area contributed by atoms with Crippen LogP contribution in [0.3, 0.4) is 0 Å². The van der Waals surface area contributed by atoms with Gasteiger partial charge in [0, 0.05) is 16.1 Å². The van der Waals surface area contributed by atoms with Crippen LogP contribution < -0.4 is 0 Å². The van der Waals surface area contributed by atoms with Crippen LogP contribution in [-0.4, -0.2) is 16.7 Å². The molecule has 104 valence electrons. The standard InChI is InChI=1S/C16H10Cl2N2O/c1-9-14(12-7-11(17)8-13(18)15(12)21)20-16(19-9)10-5-3-2-4-6-10/h2-8,21H,1H2. The molecule has 0 radical (unpaired) electrons. The van der Waals surface area contributed by atoms with E-state index in [-0.39, 0.29) is 10.8 Å². The number of halogens is 2. The van der Waals surface area contributed by atoms with Crippen LogP contribution >= 0.6 is 23.2 Å². The number of benzene rings is 2. The highest BCUT2D eigenvalue weighted by atomic mass is 35.5. The van der Waals surface area contributed by atoms with Crippen molar-refractivity contribution < 1.29 is 5.11 Å². The van der Waals surface area contributed by atoms with E-state index in [9.17, 15) is 5.11 Å². The summed E-state index contributed by atoms with van der Waals surface area (Å²) in [4.78, 5) is 8.78. The van der Waals surface area contributed by atoms with Gasteiger partial charge in [0.2, 0.25) is 0 Å². The number of aliphatic imine (C=N–C) groups is 2. The van der Waals surface area contributed by atoms with Crippen molar-refractivity contribution in [2.75, 3.05) is 0 Å². The van der Waals surface area contributed by atoms with E-state index < -0.39 is 0 Å². The summed E-state index contributed by atoms with van der Waals surface area (Å²) in [7, 11) is 0. The Morgan fingerprint density at radius 1 is 1.00 bits per heavy atom. The summed E-state index contributed by atoms with van der Waals surface area (Å²) in [6, 6.07) is 12.6. The zero-order valence-electron chi connectivity index (χ0n) is 10.8. The normalized spacial score (nSPS) is 14.1. The largest absolute Gasteiger partial charge is 0.506 e. The molecule has 0 saturated heterocycles. The highest BCUT2D eigenvalue weighted by molar-refractivity contribution is 6.37. The van der Waals surface area contributed by atoms with Crippen molar-refractivity contribution in [3.8, 4) is 5.75 Å². The number of nitrogens with zero attached hydrogens (tertiary/aromatic N) is 2. The van der Waals surface area contributed by atoms with Crippen molar-refractivity contribution in [2.24, 2.45) is 9.98 Å². The second kappa shape index (κ2) is 5.35. The van der Waals surface area contributed by atoms with Gasteiger partial charge in [0.15, 0.2) is 5.84 Å². The van der Waals surface area contributed by atoms with E-state index in [1.807, 2.05) is 30.3 Å². The number of allylic oxidation sites excluding steroid dienone is 1. The summed E-state index contributed by atoms with van der Waals surface area (Å²) < 4.78 is 0. The molecule has 5 heteroatoms. The maximum Gasteiger partial charge on any atom is 0.160 e. The predicted octanol–water partition coefficient (Wildman–Crippen LogP) is 4.46. The molecule has 0 atom stereocenters. The molecule has 0 fully saturated rings. The zero-order chi connectivity index (χ0) is 15.0. The van der Waals surface area contributed by atoms with Crippen LogP contribution in [0.2, 0.25) is 10.0 Å². The predicted molar refractivity (Wildman–Crippen MR) is 86.8 cm³/mol. The first-order valence-electron chi connectivity index (χ1n) is 6.16. The summed E-state index contributed by atoms with van der Waals surface area (Å²) in [6.45, 7) is 3.87. The minimum Gasteiger partial charge on any atom is -0.506 e. The number of hydrogen-bond donors (Lipinski definition) is 1. The van der Waals surface area contributed by atoms with E-state index in [0.29, 0.717) is 27.8 Å². The number of amidine groups is 1. The van der Waals surface area contributed by atoms with Gasteiger partial charge in [-0.05, 0) is 12.1 Å². The molecule has 1 aliphatic heterocycles. The molecule has 0 spiro atoms. The Balaban J connectivity index is 2.08. The van der Waals surface area contributed by atoms with Crippen LogP contribution in [0.25, 0.3) is 0 Å². The average Bonchev–Trinajstić information content (AvgIpc) is 2.86. The molecular formula is C16H10Cl2N2O. The van der Waals surface area contributed by atoms with E-state index in [0.717, 1.165) is 5.56 Å². The number of aromatic hydroxyl groups is 1. The minimum absolute atomic E-state index is 0.0783. The van der Waals surface area contributed by atoms with Crippen LogP contribution in [0.4, 0.5) is 0 Å². The fourth-order valence-electron chi connectivity index (χ4n) is 2.05. The molecule has 3 nitrogen and oxygen atoms in total. The summed E-state index contributed by atoms with van der Waals surface area (Å²) >= 11 is 11.9. The minimum atomic E-state index is -0.0783. The van der Waals surface area contributed by atoms with Gasteiger partial charge in [-0.2, -0.15) is 0 Å². The van der Waals surface area contributed by atoms with E-state index in [4.69, 9.17) is 23.2 Å². The second-order valence-electron chi connectivity index (χ2n) is 4.49. The highest BCUT2D eigenvalue weighted by Gasteiger charge is 2.22. The summed E-state index contributed by atoms with van der Waals surface area (Å²) in [6.07, 6.45) is 0. The third kappa shape index (κ3) is 2.58. The van der Waals surface area contributed by atoms with Crippen molar-refractivity contribution >= 4 is 34.7 Å². The Labute approximate surface area is 131 Å². The summed E-state index contributed by atoms with van der Waals surface area (Å²) in [5, 5.41) is 10.7. The molecule has 0 aromatic heterocycles. The van der Waals surface area contributed by atoms with Crippen LogP contribution in [0.15, 0.2) is 64.7 Å². The molecular weight excluding hydrogens is 307 g/mol. The lowest BCUT2D eigenvalue weighted by Gasteiger charge is -2.06. The number of hydrogen-bond acceptors (Lipinski definition) is 3. The molecule has 21 heavy (non-hydrogen) atoms. The molecule has 1 aliphatic rings. The van der Waals surface area contributed by atoms with Crippen molar-refractivity contribution in [1.82, 2.24) is 0 Å². The maximum absolute atomic E-state index is 10.1. The monoisotopic (exact) mass is 316 g/mol. The van der Waals surface area contributed by atoms with Crippen molar-refractivity contribution in [2.45, 2.75) is 0 Å². The Kier molecular flexibility index (Phi) is 3.53. The Hall–Kier alpha value is -2.10. The van der Waals surface area contributed by atoms with Gasteiger partial charge in [-0.1, -0.05) is 60.1 Å². The molecule has 0 bridgehead atoms. The smallest absolute Gasteiger partial charge is 0.160 e. The molecule has 0 unspecified atom stereocenters. The van der Waals surface area contributed by atoms with Gasteiger partial charge < -0.3 is 5.11 Å². The average molecular weight is 317 g/mol. The lowest BCUT2D eigenvalue weighted by atomic mass is 10.1. The summed E-state index contributed by atoms with van der Waals surface area (Å²) in [5.74, 6) is 0.469. The second-order valence-corrected chi connectivity index (χ2v) is 5.34. The van der Waals surface area contributed by atoms with Crippen LogP contribution in [-0.2, 0) is 0 Å². The van der Waals surface area contributed by atoms with Gasteiger partial charge in [-0.15, -0.1) is 0 Å². The fraction of sp³-hybridized carbons (Fsp3) is 0. The molecule has 3 rings (SSSR count). The van der Waals surface area contributed by atoms with Crippen molar-refractivity contribution in [1.29, 1.82) is 0 Å². The quantitative estimate of drug-likeness (QED) is 0.873. The van der Waals surface area contributed by atoms with E-state index in [2.05, 4.69) is 16.6 Å². The van der Waals surface area contributed by atoms with Gasteiger partial charge in [-0.25, -0.2) is 9.98 Å². The van der Waals surface area contributed by atoms with E-state index >= 15 is 0 Å². The van der Waals surface area contributed by atoms with Crippen LogP contribution in [0.5, 0.6) is 5.75 Å². The van der Waals surface area contributed by atoms with E-state index in [1.165, 1.54) is 6.07 Å². The molecule has 1 N–H and O–H groups in total. The topological polar surface area (TPSA) is 45.0 Å². The van der Waals surface area contributed by atoms with Gasteiger partial charge in [-0.3, -0.25) is 0 Å². The fourth-order valence-corrected chi connectivity index (χ4v) is 2.55.